The van der Waals surface area contributed by atoms with Crippen LogP contribution in [0.5, 0.6) is 0 Å². The summed E-state index contributed by atoms with van der Waals surface area (Å²) in [7, 11) is -2.04. The highest BCUT2D eigenvalue weighted by molar-refractivity contribution is 7.89. The van der Waals surface area contributed by atoms with Crippen molar-refractivity contribution in [2.75, 3.05) is 13.6 Å². The summed E-state index contributed by atoms with van der Waals surface area (Å²) in [6.07, 6.45) is 0.584. The first-order valence-electron chi connectivity index (χ1n) is 9.54. The summed E-state index contributed by atoms with van der Waals surface area (Å²) < 4.78 is 31.3. The van der Waals surface area contributed by atoms with Gasteiger partial charge in [0.2, 0.25) is 27.6 Å². The fourth-order valence-corrected chi connectivity index (χ4v) is 3.99. The molecular formula is C21H24N4O4S. The number of nitrogens with zero attached hydrogens (tertiary/aromatic N) is 3. The fourth-order valence-electron chi connectivity index (χ4n) is 2.76. The minimum Gasteiger partial charge on any atom is -0.347 e. The number of sulfonamides is 1. The number of nitrogens with one attached hydrogen (secondary N) is 1. The largest absolute Gasteiger partial charge is 0.347 e. The predicted octanol–water partition coefficient (Wildman–Crippen LogP) is 2.76. The van der Waals surface area contributed by atoms with Gasteiger partial charge in [0.1, 0.15) is 0 Å². The van der Waals surface area contributed by atoms with E-state index in [1.807, 2.05) is 31.2 Å². The molecule has 1 aromatic heterocycles. The van der Waals surface area contributed by atoms with E-state index in [4.69, 9.17) is 4.52 Å². The van der Waals surface area contributed by atoms with E-state index >= 15 is 0 Å². The lowest BCUT2D eigenvalue weighted by Crippen LogP contribution is -2.29. The van der Waals surface area contributed by atoms with Gasteiger partial charge in [-0.25, -0.2) is 12.7 Å². The van der Waals surface area contributed by atoms with Crippen molar-refractivity contribution in [1.82, 2.24) is 19.8 Å². The Kier molecular flexibility index (Phi) is 6.96. The van der Waals surface area contributed by atoms with Crippen LogP contribution in [0, 0.1) is 6.92 Å². The van der Waals surface area contributed by atoms with Gasteiger partial charge in [-0.15, -0.1) is 0 Å². The second-order valence-corrected chi connectivity index (χ2v) is 8.94. The van der Waals surface area contributed by atoms with Gasteiger partial charge in [0.05, 0.1) is 11.4 Å². The van der Waals surface area contributed by atoms with Crippen molar-refractivity contribution in [3.8, 4) is 11.4 Å². The highest BCUT2D eigenvalue weighted by Crippen LogP contribution is 2.16. The number of aromatic nitrogens is 2. The molecule has 1 heterocycles. The predicted molar refractivity (Wildman–Crippen MR) is 112 cm³/mol. The van der Waals surface area contributed by atoms with E-state index in [2.05, 4.69) is 15.5 Å². The number of carbonyl (C=O) groups excluding carboxylic acids is 1. The summed E-state index contributed by atoms with van der Waals surface area (Å²) in [5, 5.41) is 6.64. The molecule has 0 bridgehead atoms. The number of carbonyl (C=O) groups is 1. The van der Waals surface area contributed by atoms with Crippen molar-refractivity contribution in [2.24, 2.45) is 0 Å². The second-order valence-electron chi connectivity index (χ2n) is 6.90. The van der Waals surface area contributed by atoms with Crippen LogP contribution < -0.4 is 5.32 Å². The Labute approximate surface area is 176 Å². The molecule has 3 rings (SSSR count). The first kappa shape index (κ1) is 21.7. The van der Waals surface area contributed by atoms with Crippen molar-refractivity contribution < 1.29 is 17.7 Å². The van der Waals surface area contributed by atoms with Crippen LogP contribution in [0.3, 0.4) is 0 Å². The van der Waals surface area contributed by atoms with Gasteiger partial charge in [0.15, 0.2) is 0 Å². The van der Waals surface area contributed by atoms with Gasteiger partial charge in [-0.05, 0) is 25.5 Å². The minimum absolute atomic E-state index is 0.121. The normalized spacial score (nSPS) is 11.6. The topological polar surface area (TPSA) is 105 Å². The van der Waals surface area contributed by atoms with Gasteiger partial charge in [0, 0.05) is 25.6 Å². The van der Waals surface area contributed by atoms with Crippen LogP contribution in [0.15, 0.2) is 64.0 Å². The Bertz CT molecular complexity index is 1080. The molecular weight excluding hydrogens is 404 g/mol. The maximum Gasteiger partial charge on any atom is 0.246 e. The summed E-state index contributed by atoms with van der Waals surface area (Å²) in [5.41, 5.74) is 1.97. The fraction of sp³-hybridized carbons (Fsp3) is 0.286. The molecule has 0 spiro atoms. The standard InChI is InChI=1S/C21H24N4O4S/c1-16-10-12-17(13-11-16)21-23-20(29-24-21)15-22-19(26)9-6-14-25(2)30(27,28)18-7-4-3-5-8-18/h3-5,7-8,10-13H,6,9,14-15H2,1-2H3,(H,22,26). The Hall–Kier alpha value is -3.04. The maximum atomic E-state index is 12.5. The molecule has 9 heteroatoms. The highest BCUT2D eigenvalue weighted by Gasteiger charge is 2.20. The molecule has 0 saturated carbocycles. The third kappa shape index (κ3) is 5.52. The van der Waals surface area contributed by atoms with Crippen molar-refractivity contribution in [3.05, 3.63) is 66.1 Å². The summed E-state index contributed by atoms with van der Waals surface area (Å²) in [5.74, 6) is 0.560. The third-order valence-corrected chi connectivity index (χ3v) is 6.41. The molecule has 0 unspecified atom stereocenters. The van der Waals surface area contributed by atoms with Crippen molar-refractivity contribution >= 4 is 15.9 Å². The van der Waals surface area contributed by atoms with E-state index in [0.29, 0.717) is 18.1 Å². The molecule has 3 aromatic rings. The van der Waals surface area contributed by atoms with Gasteiger partial charge in [-0.1, -0.05) is 53.2 Å². The van der Waals surface area contributed by atoms with Gasteiger partial charge < -0.3 is 9.84 Å². The van der Waals surface area contributed by atoms with E-state index < -0.39 is 10.0 Å². The number of aryl methyl sites for hydroxylation is 1. The monoisotopic (exact) mass is 428 g/mol. The molecule has 0 saturated heterocycles. The zero-order chi connectivity index (χ0) is 21.6. The lowest BCUT2D eigenvalue weighted by Gasteiger charge is -2.16. The number of hydrogen-bond acceptors (Lipinski definition) is 6. The van der Waals surface area contributed by atoms with Crippen molar-refractivity contribution in [2.45, 2.75) is 31.2 Å². The minimum atomic E-state index is -3.55. The molecule has 1 amide bonds. The Morgan fingerprint density at radius 3 is 2.50 bits per heavy atom. The van der Waals surface area contributed by atoms with E-state index in [0.717, 1.165) is 11.1 Å². The smallest absolute Gasteiger partial charge is 0.246 e. The van der Waals surface area contributed by atoms with E-state index in [1.54, 1.807) is 30.3 Å². The lowest BCUT2D eigenvalue weighted by atomic mass is 10.1. The first-order valence-corrected chi connectivity index (χ1v) is 11.0. The van der Waals surface area contributed by atoms with Gasteiger partial charge >= 0.3 is 0 Å². The zero-order valence-electron chi connectivity index (χ0n) is 16.9. The van der Waals surface area contributed by atoms with Crippen LogP contribution in [0.2, 0.25) is 0 Å². The van der Waals surface area contributed by atoms with E-state index in [9.17, 15) is 13.2 Å². The SMILES string of the molecule is Cc1ccc(-c2noc(CNC(=O)CCCN(C)S(=O)(=O)c3ccccc3)n2)cc1. The van der Waals surface area contributed by atoms with Crippen LogP contribution in [0.25, 0.3) is 11.4 Å². The van der Waals surface area contributed by atoms with Crippen LogP contribution in [0.1, 0.15) is 24.3 Å². The first-order chi connectivity index (χ1) is 14.4. The van der Waals surface area contributed by atoms with Gasteiger partial charge in [-0.3, -0.25) is 4.79 Å². The van der Waals surface area contributed by atoms with Crippen LogP contribution in [0.4, 0.5) is 0 Å². The Morgan fingerprint density at radius 2 is 1.80 bits per heavy atom. The quantitative estimate of drug-likeness (QED) is 0.562. The van der Waals surface area contributed by atoms with Crippen molar-refractivity contribution in [3.63, 3.8) is 0 Å². The zero-order valence-corrected chi connectivity index (χ0v) is 17.7. The van der Waals surface area contributed by atoms with Crippen LogP contribution in [-0.2, 0) is 21.4 Å². The highest BCUT2D eigenvalue weighted by atomic mass is 32.2. The maximum absolute atomic E-state index is 12.5. The van der Waals surface area contributed by atoms with Gasteiger partial charge in [-0.2, -0.15) is 4.98 Å². The van der Waals surface area contributed by atoms with E-state index in [-0.39, 0.29) is 30.3 Å². The third-order valence-electron chi connectivity index (χ3n) is 4.54. The molecule has 0 aliphatic carbocycles. The second kappa shape index (κ2) is 9.64. The van der Waals surface area contributed by atoms with Gasteiger partial charge in [0.25, 0.3) is 0 Å². The molecule has 0 atom stereocenters. The molecule has 0 aliphatic heterocycles. The Morgan fingerprint density at radius 1 is 1.10 bits per heavy atom. The molecule has 0 aliphatic rings. The molecule has 0 fully saturated rings. The number of rotatable bonds is 9. The average molecular weight is 429 g/mol. The molecule has 30 heavy (non-hydrogen) atoms. The molecule has 1 N–H and O–H groups in total. The number of benzene rings is 2. The Balaban J connectivity index is 1.44. The summed E-state index contributed by atoms with van der Waals surface area (Å²) in [4.78, 5) is 16.6. The summed E-state index contributed by atoms with van der Waals surface area (Å²) in [6, 6.07) is 15.9. The molecule has 2 aromatic carbocycles. The van der Waals surface area contributed by atoms with E-state index in [1.165, 1.54) is 11.4 Å². The average Bonchev–Trinajstić information content (AvgIpc) is 3.22. The number of hydrogen-bond donors (Lipinski definition) is 1. The lowest BCUT2D eigenvalue weighted by molar-refractivity contribution is -0.121. The van der Waals surface area contributed by atoms with Crippen molar-refractivity contribution in [1.29, 1.82) is 0 Å². The van der Waals surface area contributed by atoms with Crippen LogP contribution >= 0.6 is 0 Å². The summed E-state index contributed by atoms with van der Waals surface area (Å²) >= 11 is 0. The van der Waals surface area contributed by atoms with Crippen LogP contribution in [-0.4, -0.2) is 42.4 Å². The molecule has 8 nitrogen and oxygen atoms in total. The summed E-state index contributed by atoms with van der Waals surface area (Å²) in [6.45, 7) is 2.36. The molecule has 0 radical (unpaired) electrons. The number of amides is 1. The molecule has 158 valence electrons.